The minimum absolute atomic E-state index is 0.0764. The predicted octanol–water partition coefficient (Wildman–Crippen LogP) is 1.35. The van der Waals surface area contributed by atoms with E-state index < -0.39 is 11.9 Å². The molecule has 1 unspecified atom stereocenters. The van der Waals surface area contributed by atoms with Crippen molar-refractivity contribution in [3.8, 4) is 5.75 Å². The molecule has 1 aliphatic carbocycles. The number of ether oxygens (including phenoxy) is 1. The molecule has 1 aliphatic heterocycles. The lowest BCUT2D eigenvalue weighted by molar-refractivity contribution is -0.140. The summed E-state index contributed by atoms with van der Waals surface area (Å²) in [5, 5.41) is 11.8. The van der Waals surface area contributed by atoms with E-state index in [4.69, 9.17) is 9.84 Å². The Morgan fingerprint density at radius 1 is 1.26 bits per heavy atom. The van der Waals surface area contributed by atoms with Crippen molar-refractivity contribution in [1.29, 1.82) is 0 Å². The standard InChI is InChI=1S/C14H15NO4/c16-13(9-7-10(9)14(17)18)15-11-5-6-19-12-4-2-1-3-8(11)12/h1-4,9-11H,5-7H2,(H,15,16)(H,17,18)/t9-,10+,11?/m1/s1. The monoisotopic (exact) mass is 261 g/mol. The third kappa shape index (κ3) is 2.28. The number of hydrogen-bond acceptors (Lipinski definition) is 3. The molecule has 5 nitrogen and oxygen atoms in total. The Hall–Kier alpha value is -2.04. The number of hydrogen-bond donors (Lipinski definition) is 2. The third-order valence-electron chi connectivity index (χ3n) is 3.72. The quantitative estimate of drug-likeness (QED) is 0.861. The van der Waals surface area contributed by atoms with Crippen LogP contribution in [0.25, 0.3) is 0 Å². The molecule has 3 atom stereocenters. The predicted molar refractivity (Wildman–Crippen MR) is 66.7 cm³/mol. The Morgan fingerprint density at radius 3 is 2.79 bits per heavy atom. The summed E-state index contributed by atoms with van der Waals surface area (Å²) in [7, 11) is 0. The van der Waals surface area contributed by atoms with Crippen LogP contribution in [0.1, 0.15) is 24.4 Å². The van der Waals surface area contributed by atoms with Gasteiger partial charge in [-0.25, -0.2) is 0 Å². The molecule has 100 valence electrons. The summed E-state index contributed by atoms with van der Waals surface area (Å²) >= 11 is 0. The number of rotatable bonds is 3. The Bertz CT molecular complexity index is 528. The minimum Gasteiger partial charge on any atom is -0.493 e. The largest absolute Gasteiger partial charge is 0.493 e. The highest BCUT2D eigenvalue weighted by molar-refractivity contribution is 5.89. The van der Waals surface area contributed by atoms with Gasteiger partial charge in [-0.05, 0) is 12.5 Å². The zero-order chi connectivity index (χ0) is 13.4. The van der Waals surface area contributed by atoms with Crippen LogP contribution in [0.3, 0.4) is 0 Å². The lowest BCUT2D eigenvalue weighted by Gasteiger charge is -2.26. The normalized spacial score (nSPS) is 27.9. The van der Waals surface area contributed by atoms with Gasteiger partial charge in [0.05, 0.1) is 24.5 Å². The lowest BCUT2D eigenvalue weighted by Crippen LogP contribution is -2.33. The van der Waals surface area contributed by atoms with Gasteiger partial charge in [-0.2, -0.15) is 0 Å². The zero-order valence-corrected chi connectivity index (χ0v) is 10.3. The van der Waals surface area contributed by atoms with Gasteiger partial charge in [-0.3, -0.25) is 9.59 Å². The molecule has 1 aromatic carbocycles. The number of carbonyl (C=O) groups excluding carboxylic acids is 1. The van der Waals surface area contributed by atoms with Crippen LogP contribution in [0, 0.1) is 11.8 Å². The average molecular weight is 261 g/mol. The molecule has 2 N–H and O–H groups in total. The second-order valence-corrected chi connectivity index (χ2v) is 5.02. The Morgan fingerprint density at radius 2 is 2.05 bits per heavy atom. The van der Waals surface area contributed by atoms with Crippen LogP contribution in [-0.2, 0) is 9.59 Å². The van der Waals surface area contributed by atoms with Crippen molar-refractivity contribution < 1.29 is 19.4 Å². The summed E-state index contributed by atoms with van der Waals surface area (Å²) in [4.78, 5) is 22.7. The molecule has 1 aromatic rings. The molecule has 1 amide bonds. The maximum atomic E-state index is 12.0. The average Bonchev–Trinajstić information content (AvgIpc) is 3.19. The first kappa shape index (κ1) is 12.0. The maximum absolute atomic E-state index is 12.0. The summed E-state index contributed by atoms with van der Waals surface area (Å²) in [5.74, 6) is -1.12. The summed E-state index contributed by atoms with van der Waals surface area (Å²) in [6, 6.07) is 7.53. The van der Waals surface area contributed by atoms with E-state index in [0.717, 1.165) is 11.3 Å². The van der Waals surface area contributed by atoms with Crippen LogP contribution in [0.4, 0.5) is 0 Å². The topological polar surface area (TPSA) is 75.6 Å². The fraction of sp³-hybridized carbons (Fsp3) is 0.429. The molecule has 1 fully saturated rings. The number of fused-ring (bicyclic) bond motifs is 1. The number of carbonyl (C=O) groups is 2. The van der Waals surface area contributed by atoms with Gasteiger partial charge in [-0.15, -0.1) is 0 Å². The van der Waals surface area contributed by atoms with Crippen molar-refractivity contribution >= 4 is 11.9 Å². The van der Waals surface area contributed by atoms with Crippen molar-refractivity contribution in [1.82, 2.24) is 5.32 Å². The SMILES string of the molecule is O=C(O)[C@H]1C[C@H]1C(=O)NC1CCOc2ccccc21. The second kappa shape index (κ2) is 4.57. The molecule has 5 heteroatoms. The smallest absolute Gasteiger partial charge is 0.307 e. The van der Waals surface area contributed by atoms with Crippen LogP contribution < -0.4 is 10.1 Å². The first-order valence-electron chi connectivity index (χ1n) is 6.41. The summed E-state index contributed by atoms with van der Waals surface area (Å²) < 4.78 is 5.53. The minimum atomic E-state index is -0.882. The number of carboxylic acids is 1. The van der Waals surface area contributed by atoms with Crippen LogP contribution in [0.2, 0.25) is 0 Å². The van der Waals surface area contributed by atoms with E-state index in [1.165, 1.54) is 0 Å². The third-order valence-corrected chi connectivity index (χ3v) is 3.72. The van der Waals surface area contributed by atoms with Crippen molar-refractivity contribution in [3.63, 3.8) is 0 Å². The van der Waals surface area contributed by atoms with Gasteiger partial charge in [0.15, 0.2) is 0 Å². The maximum Gasteiger partial charge on any atom is 0.307 e. The Labute approximate surface area is 110 Å². The summed E-state index contributed by atoms with van der Waals surface area (Å²) in [5.41, 5.74) is 0.967. The van der Waals surface area contributed by atoms with Crippen molar-refractivity contribution in [2.45, 2.75) is 18.9 Å². The fourth-order valence-corrected chi connectivity index (χ4v) is 2.53. The number of para-hydroxylation sites is 1. The first-order valence-corrected chi connectivity index (χ1v) is 6.41. The van der Waals surface area contributed by atoms with E-state index in [0.29, 0.717) is 19.4 Å². The molecule has 3 rings (SSSR count). The van der Waals surface area contributed by atoms with Gasteiger partial charge in [0.2, 0.25) is 5.91 Å². The van der Waals surface area contributed by atoms with Gasteiger partial charge < -0.3 is 15.2 Å². The van der Waals surface area contributed by atoms with Crippen LogP contribution in [-0.4, -0.2) is 23.6 Å². The summed E-state index contributed by atoms with van der Waals surface area (Å²) in [6.45, 7) is 0.564. The van der Waals surface area contributed by atoms with E-state index in [1.54, 1.807) is 0 Å². The lowest BCUT2D eigenvalue weighted by atomic mass is 10.0. The molecule has 1 heterocycles. The van der Waals surface area contributed by atoms with Crippen molar-refractivity contribution in [2.75, 3.05) is 6.61 Å². The number of amides is 1. The highest BCUT2D eigenvalue weighted by atomic mass is 16.5. The molecule has 0 spiro atoms. The van der Waals surface area contributed by atoms with Gasteiger partial charge in [0.25, 0.3) is 0 Å². The molecule has 0 radical (unpaired) electrons. The van der Waals surface area contributed by atoms with Crippen LogP contribution in [0.5, 0.6) is 5.75 Å². The van der Waals surface area contributed by atoms with E-state index in [-0.39, 0.29) is 17.9 Å². The number of nitrogens with one attached hydrogen (secondary N) is 1. The molecular weight excluding hydrogens is 246 g/mol. The Balaban J connectivity index is 1.68. The second-order valence-electron chi connectivity index (χ2n) is 5.02. The molecule has 0 bridgehead atoms. The van der Waals surface area contributed by atoms with Gasteiger partial charge >= 0.3 is 5.97 Å². The number of aliphatic carboxylic acids is 1. The molecule has 1 saturated carbocycles. The van der Waals surface area contributed by atoms with Gasteiger partial charge in [0, 0.05) is 12.0 Å². The van der Waals surface area contributed by atoms with E-state index >= 15 is 0 Å². The van der Waals surface area contributed by atoms with E-state index in [2.05, 4.69) is 5.32 Å². The molecule has 19 heavy (non-hydrogen) atoms. The fourth-order valence-electron chi connectivity index (χ4n) is 2.53. The van der Waals surface area contributed by atoms with E-state index in [9.17, 15) is 9.59 Å². The first-order chi connectivity index (χ1) is 9.16. The van der Waals surface area contributed by atoms with Crippen LogP contribution >= 0.6 is 0 Å². The van der Waals surface area contributed by atoms with E-state index in [1.807, 2.05) is 24.3 Å². The highest BCUT2D eigenvalue weighted by Gasteiger charge is 2.48. The molecule has 0 aromatic heterocycles. The zero-order valence-electron chi connectivity index (χ0n) is 10.3. The number of carboxylic acid groups (broad SMARTS) is 1. The molecule has 2 aliphatic rings. The molecule has 0 saturated heterocycles. The summed E-state index contributed by atoms with van der Waals surface area (Å²) in [6.07, 6.45) is 1.17. The highest BCUT2D eigenvalue weighted by Crippen LogP contribution is 2.40. The number of benzene rings is 1. The van der Waals surface area contributed by atoms with Crippen molar-refractivity contribution in [3.05, 3.63) is 29.8 Å². The van der Waals surface area contributed by atoms with Crippen LogP contribution in [0.15, 0.2) is 24.3 Å². The van der Waals surface area contributed by atoms with Gasteiger partial charge in [-0.1, -0.05) is 18.2 Å². The molecular formula is C14H15NO4. The Kier molecular flexibility index (Phi) is 2.89. The van der Waals surface area contributed by atoms with Crippen molar-refractivity contribution in [2.24, 2.45) is 11.8 Å². The van der Waals surface area contributed by atoms with Gasteiger partial charge in [0.1, 0.15) is 5.75 Å².